The Morgan fingerprint density at radius 1 is 0.818 bits per heavy atom. The summed E-state index contributed by atoms with van der Waals surface area (Å²) in [4.78, 5) is 37.2. The zero-order valence-corrected chi connectivity index (χ0v) is 17.6. The number of hydrogen-bond donors (Lipinski definition) is 1. The van der Waals surface area contributed by atoms with Crippen LogP contribution in [-0.4, -0.2) is 30.8 Å². The van der Waals surface area contributed by atoms with Crippen LogP contribution in [0.3, 0.4) is 0 Å². The second-order valence-corrected chi connectivity index (χ2v) is 7.22. The Labute approximate surface area is 188 Å². The van der Waals surface area contributed by atoms with E-state index >= 15 is 0 Å². The van der Waals surface area contributed by atoms with Crippen LogP contribution in [0.4, 0.5) is 13.2 Å². The number of halogens is 3. The predicted molar refractivity (Wildman–Crippen MR) is 115 cm³/mol. The van der Waals surface area contributed by atoms with Gasteiger partial charge in [0.1, 0.15) is 6.04 Å². The number of nitrogens with one attached hydrogen (secondary N) is 1. The molecule has 0 heterocycles. The van der Waals surface area contributed by atoms with E-state index in [0.29, 0.717) is 16.7 Å². The van der Waals surface area contributed by atoms with Crippen molar-refractivity contribution in [3.8, 4) is 0 Å². The normalized spacial score (nSPS) is 12.0. The lowest BCUT2D eigenvalue weighted by atomic mass is 9.99. The van der Waals surface area contributed by atoms with Crippen LogP contribution in [0.1, 0.15) is 37.4 Å². The lowest BCUT2D eigenvalue weighted by Gasteiger charge is -2.17. The van der Waals surface area contributed by atoms with E-state index < -0.39 is 29.7 Å². The molecule has 3 rings (SSSR count). The number of ether oxygens (including phenoxy) is 1. The van der Waals surface area contributed by atoms with Crippen LogP contribution in [0.5, 0.6) is 0 Å². The number of hydrogen-bond acceptors (Lipinski definition) is 4. The van der Waals surface area contributed by atoms with E-state index in [4.69, 9.17) is 4.74 Å². The van der Waals surface area contributed by atoms with Gasteiger partial charge in [0.05, 0.1) is 12.7 Å². The van der Waals surface area contributed by atoms with Crippen molar-refractivity contribution in [1.82, 2.24) is 5.32 Å². The van der Waals surface area contributed by atoms with Gasteiger partial charge in [0, 0.05) is 23.1 Å². The van der Waals surface area contributed by atoms with Crippen molar-refractivity contribution in [1.29, 1.82) is 0 Å². The average Bonchev–Trinajstić information content (AvgIpc) is 2.83. The topological polar surface area (TPSA) is 72.5 Å². The van der Waals surface area contributed by atoms with Crippen molar-refractivity contribution in [3.05, 3.63) is 107 Å². The van der Waals surface area contributed by atoms with E-state index in [1.807, 2.05) is 6.07 Å². The van der Waals surface area contributed by atoms with Gasteiger partial charge in [-0.2, -0.15) is 13.2 Å². The molecule has 0 aromatic heterocycles. The van der Waals surface area contributed by atoms with Gasteiger partial charge in [0.2, 0.25) is 0 Å². The zero-order chi connectivity index (χ0) is 24.0. The van der Waals surface area contributed by atoms with Crippen LogP contribution in [0.25, 0.3) is 0 Å². The molecule has 1 amide bonds. The molecule has 0 saturated carbocycles. The minimum atomic E-state index is -4.52. The van der Waals surface area contributed by atoms with Crippen molar-refractivity contribution in [2.24, 2.45) is 0 Å². The third-order valence-electron chi connectivity index (χ3n) is 4.96. The highest BCUT2D eigenvalue weighted by Crippen LogP contribution is 2.29. The molecule has 0 fully saturated rings. The first-order valence-corrected chi connectivity index (χ1v) is 9.93. The molecule has 170 valence electrons. The number of carbonyl (C=O) groups is 3. The number of benzene rings is 3. The monoisotopic (exact) mass is 455 g/mol. The van der Waals surface area contributed by atoms with Crippen LogP contribution >= 0.6 is 0 Å². The average molecular weight is 455 g/mol. The third kappa shape index (κ3) is 6.06. The Bertz CT molecular complexity index is 1130. The fourth-order valence-electron chi connectivity index (χ4n) is 3.17. The van der Waals surface area contributed by atoms with Gasteiger partial charge in [-0.3, -0.25) is 9.59 Å². The summed E-state index contributed by atoms with van der Waals surface area (Å²) in [5.74, 6) is -1.57. The molecule has 5 nitrogen and oxygen atoms in total. The molecule has 0 radical (unpaired) electrons. The van der Waals surface area contributed by atoms with Crippen LogP contribution in [0, 0.1) is 0 Å². The summed E-state index contributed by atoms with van der Waals surface area (Å²) in [6, 6.07) is 17.9. The molecule has 0 unspecified atom stereocenters. The molecule has 3 aromatic rings. The molecular formula is C25H20F3NO4. The number of ketones is 1. The minimum Gasteiger partial charge on any atom is -0.467 e. The first kappa shape index (κ1) is 23.7. The van der Waals surface area contributed by atoms with Crippen molar-refractivity contribution in [2.45, 2.75) is 18.6 Å². The number of carbonyl (C=O) groups excluding carboxylic acids is 3. The molecule has 0 spiro atoms. The maximum Gasteiger partial charge on any atom is 0.416 e. The quantitative estimate of drug-likeness (QED) is 0.422. The Hall–Kier alpha value is -3.94. The van der Waals surface area contributed by atoms with Gasteiger partial charge in [-0.05, 0) is 29.8 Å². The Morgan fingerprint density at radius 3 is 1.91 bits per heavy atom. The minimum absolute atomic E-state index is 0.0271. The second kappa shape index (κ2) is 10.1. The SMILES string of the molecule is COC(=O)[C@H](Cc1ccc(C(=O)c2ccccc2)cc1)NC(=O)c1ccc(C(F)(F)F)cc1. The lowest BCUT2D eigenvalue weighted by Crippen LogP contribution is -2.43. The number of esters is 1. The highest BCUT2D eigenvalue weighted by atomic mass is 19.4. The smallest absolute Gasteiger partial charge is 0.416 e. The number of amides is 1. The summed E-state index contributed by atoms with van der Waals surface area (Å²) in [7, 11) is 1.17. The van der Waals surface area contributed by atoms with E-state index in [1.54, 1.807) is 48.5 Å². The van der Waals surface area contributed by atoms with E-state index in [0.717, 1.165) is 24.3 Å². The van der Waals surface area contributed by atoms with Gasteiger partial charge in [-0.25, -0.2) is 4.79 Å². The molecule has 1 N–H and O–H groups in total. The molecule has 0 aliphatic rings. The van der Waals surface area contributed by atoms with Gasteiger partial charge in [-0.15, -0.1) is 0 Å². The Morgan fingerprint density at radius 2 is 1.36 bits per heavy atom. The van der Waals surface area contributed by atoms with E-state index in [-0.39, 0.29) is 17.8 Å². The van der Waals surface area contributed by atoms with Crippen LogP contribution in [-0.2, 0) is 22.1 Å². The maximum absolute atomic E-state index is 12.7. The van der Waals surface area contributed by atoms with E-state index in [2.05, 4.69) is 5.32 Å². The summed E-state index contributed by atoms with van der Waals surface area (Å²) >= 11 is 0. The van der Waals surface area contributed by atoms with Crippen molar-refractivity contribution >= 4 is 17.7 Å². The molecular weight excluding hydrogens is 435 g/mol. The number of alkyl halides is 3. The summed E-state index contributed by atoms with van der Waals surface area (Å²) < 4.78 is 42.9. The summed E-state index contributed by atoms with van der Waals surface area (Å²) in [5.41, 5.74) is 0.756. The first-order valence-electron chi connectivity index (χ1n) is 9.93. The van der Waals surface area contributed by atoms with Gasteiger partial charge < -0.3 is 10.1 Å². The summed E-state index contributed by atoms with van der Waals surface area (Å²) in [6.45, 7) is 0. The highest BCUT2D eigenvalue weighted by Gasteiger charge is 2.30. The third-order valence-corrected chi connectivity index (χ3v) is 4.96. The second-order valence-electron chi connectivity index (χ2n) is 7.22. The molecule has 0 saturated heterocycles. The molecule has 1 atom stereocenters. The maximum atomic E-state index is 12.7. The Kier molecular flexibility index (Phi) is 7.27. The van der Waals surface area contributed by atoms with Crippen molar-refractivity contribution in [3.63, 3.8) is 0 Å². The number of methoxy groups -OCH3 is 1. The zero-order valence-electron chi connectivity index (χ0n) is 17.6. The highest BCUT2D eigenvalue weighted by molar-refractivity contribution is 6.08. The molecule has 0 bridgehead atoms. The fraction of sp³-hybridized carbons (Fsp3) is 0.160. The van der Waals surface area contributed by atoms with Gasteiger partial charge in [0.25, 0.3) is 5.91 Å². The van der Waals surface area contributed by atoms with Gasteiger partial charge >= 0.3 is 12.1 Å². The van der Waals surface area contributed by atoms with E-state index in [1.165, 1.54) is 7.11 Å². The molecule has 0 aliphatic carbocycles. The summed E-state index contributed by atoms with van der Waals surface area (Å²) in [5, 5.41) is 2.49. The summed E-state index contributed by atoms with van der Waals surface area (Å²) in [6.07, 6.45) is -4.45. The molecule has 33 heavy (non-hydrogen) atoms. The first-order chi connectivity index (χ1) is 15.7. The predicted octanol–water partition coefficient (Wildman–Crippen LogP) is 4.45. The Balaban J connectivity index is 1.71. The molecule has 0 aliphatic heterocycles. The van der Waals surface area contributed by atoms with Crippen LogP contribution in [0.2, 0.25) is 0 Å². The largest absolute Gasteiger partial charge is 0.467 e. The van der Waals surface area contributed by atoms with E-state index in [9.17, 15) is 27.6 Å². The fourth-order valence-corrected chi connectivity index (χ4v) is 3.17. The van der Waals surface area contributed by atoms with Gasteiger partial charge in [-0.1, -0.05) is 54.6 Å². The van der Waals surface area contributed by atoms with Gasteiger partial charge in [0.15, 0.2) is 5.78 Å². The van der Waals surface area contributed by atoms with Crippen molar-refractivity contribution < 1.29 is 32.3 Å². The molecule has 8 heteroatoms. The standard InChI is InChI=1S/C25H20F3NO4/c1-33-24(32)21(29-23(31)19-11-13-20(14-12-19)25(26,27)28)15-16-7-9-18(10-8-16)22(30)17-5-3-2-4-6-17/h2-14,21H,15H2,1H3,(H,29,31)/t21-/m0/s1. The number of rotatable bonds is 7. The van der Waals surface area contributed by atoms with Crippen LogP contribution in [0.15, 0.2) is 78.9 Å². The molecule has 3 aromatic carbocycles. The lowest BCUT2D eigenvalue weighted by molar-refractivity contribution is -0.142. The van der Waals surface area contributed by atoms with Crippen LogP contribution < -0.4 is 5.32 Å². The van der Waals surface area contributed by atoms with Crippen molar-refractivity contribution in [2.75, 3.05) is 7.11 Å².